The zero-order valence-corrected chi connectivity index (χ0v) is 9.99. The Hall–Kier alpha value is 1.18. The van der Waals surface area contributed by atoms with Crippen LogP contribution in [0.3, 0.4) is 0 Å². The minimum absolute atomic E-state index is 0. The van der Waals surface area contributed by atoms with Gasteiger partial charge in [0.15, 0.2) is 0 Å². The molecule has 0 saturated heterocycles. The first-order chi connectivity index (χ1) is 3.70. The molecule has 0 spiro atoms. The zero-order valence-electron chi connectivity index (χ0n) is 4.71. The van der Waals surface area contributed by atoms with Crippen LogP contribution in [0.5, 0.6) is 5.88 Å². The predicted octanol–water partition coefficient (Wildman–Crippen LogP) is -3.29. The van der Waals surface area contributed by atoms with Gasteiger partial charge in [-0.05, 0) is 0 Å². The average molecular weight is 264 g/mol. The minimum Gasteiger partial charge on any atom is -0.552 e. The van der Waals surface area contributed by atoms with E-state index < -0.39 is 0 Å². The van der Waals surface area contributed by atoms with E-state index >= 15 is 0 Å². The molecule has 44 valence electrons. The Morgan fingerprint density at radius 1 is 1.78 bits per heavy atom. The van der Waals surface area contributed by atoms with E-state index in [2.05, 4.69) is 5.10 Å². The molecule has 1 heterocycles. The number of hydrogen-bond donors (Lipinski definition) is 1. The summed E-state index contributed by atoms with van der Waals surface area (Å²) in [7, 11) is 0. The Kier molecular flexibility index (Phi) is 4.68. The SMILES string of the molecule is O=c1cc(O)[n-]n1I.[K+]. The normalized spacial score (nSPS) is 8.56. The molecule has 0 aromatic carbocycles. The molecule has 0 aliphatic carbocycles. The van der Waals surface area contributed by atoms with E-state index in [1.54, 1.807) is 22.9 Å². The molecular weight excluding hydrogens is 262 g/mol. The van der Waals surface area contributed by atoms with E-state index in [-0.39, 0.29) is 62.8 Å². The van der Waals surface area contributed by atoms with Crippen molar-refractivity contribution in [2.75, 3.05) is 0 Å². The molecule has 0 radical (unpaired) electrons. The largest absolute Gasteiger partial charge is 1.00 e. The van der Waals surface area contributed by atoms with Crippen LogP contribution in [-0.4, -0.2) is 8.00 Å². The van der Waals surface area contributed by atoms with Gasteiger partial charge in [-0.15, -0.1) is 0 Å². The summed E-state index contributed by atoms with van der Waals surface area (Å²) in [5.74, 6) is -0.232. The van der Waals surface area contributed by atoms with Crippen molar-refractivity contribution in [3.63, 3.8) is 0 Å². The molecular formula is C3H2IKN2O2. The Morgan fingerprint density at radius 2 is 2.33 bits per heavy atom. The van der Waals surface area contributed by atoms with Crippen LogP contribution in [0.15, 0.2) is 10.9 Å². The molecule has 0 aliphatic rings. The Labute approximate surface area is 108 Å². The molecule has 1 aromatic rings. The Balaban J connectivity index is 0.000000640. The quantitative estimate of drug-likeness (QED) is 0.395. The van der Waals surface area contributed by atoms with Gasteiger partial charge in [0.1, 0.15) is 0 Å². The van der Waals surface area contributed by atoms with Crippen LogP contribution < -0.4 is 62.0 Å². The molecule has 1 N–H and O–H groups in total. The smallest absolute Gasteiger partial charge is 0.552 e. The van der Waals surface area contributed by atoms with Crippen LogP contribution in [0.4, 0.5) is 0 Å². The molecule has 9 heavy (non-hydrogen) atoms. The molecule has 0 atom stereocenters. The van der Waals surface area contributed by atoms with Gasteiger partial charge in [0, 0.05) is 34.8 Å². The van der Waals surface area contributed by atoms with Crippen LogP contribution in [0.1, 0.15) is 0 Å². The first-order valence-electron chi connectivity index (χ1n) is 1.82. The molecule has 0 bridgehead atoms. The molecule has 6 heteroatoms. The second kappa shape index (κ2) is 4.14. The third-order valence-corrected chi connectivity index (χ3v) is 1.32. The fourth-order valence-corrected chi connectivity index (χ4v) is 0.692. The van der Waals surface area contributed by atoms with Gasteiger partial charge >= 0.3 is 51.4 Å². The van der Waals surface area contributed by atoms with Crippen molar-refractivity contribution in [3.05, 3.63) is 16.4 Å². The standard InChI is InChI=1S/C3H3IN2O2.K/c4-6-3(8)1-2(7)5-6;/h1H,(H2,5,7,8);/q;+1/p-1. The van der Waals surface area contributed by atoms with Gasteiger partial charge in [-0.2, -0.15) is 0 Å². The third kappa shape index (κ3) is 2.72. The van der Waals surface area contributed by atoms with Gasteiger partial charge in [0.25, 0.3) is 0 Å². The number of aromatic nitrogens is 2. The van der Waals surface area contributed by atoms with E-state index in [1.807, 2.05) is 0 Å². The van der Waals surface area contributed by atoms with Gasteiger partial charge in [-0.25, -0.2) is 0 Å². The maximum atomic E-state index is 10.4. The van der Waals surface area contributed by atoms with Gasteiger partial charge in [-0.1, -0.05) is 0 Å². The first kappa shape index (κ1) is 10.2. The third-order valence-electron chi connectivity index (χ3n) is 0.625. The van der Waals surface area contributed by atoms with E-state index in [0.717, 1.165) is 8.96 Å². The average Bonchev–Trinajstić information content (AvgIpc) is 1.85. The van der Waals surface area contributed by atoms with E-state index in [4.69, 9.17) is 5.11 Å². The maximum Gasteiger partial charge on any atom is 1.00 e. The summed E-state index contributed by atoms with van der Waals surface area (Å²) in [5, 5.41) is 11.9. The van der Waals surface area contributed by atoms with Gasteiger partial charge in [0.2, 0.25) is 5.56 Å². The van der Waals surface area contributed by atoms with Gasteiger partial charge < -0.3 is 13.1 Å². The molecule has 0 amide bonds. The van der Waals surface area contributed by atoms with E-state index in [9.17, 15) is 4.79 Å². The molecule has 0 fully saturated rings. The summed E-state index contributed by atoms with van der Waals surface area (Å²) in [6.07, 6.45) is 0. The fourth-order valence-electron chi connectivity index (χ4n) is 0.332. The number of halogens is 1. The Morgan fingerprint density at radius 3 is 2.44 bits per heavy atom. The number of aromatic hydroxyl groups is 1. The van der Waals surface area contributed by atoms with Gasteiger partial charge in [-0.3, -0.25) is 4.79 Å². The van der Waals surface area contributed by atoms with Crippen molar-refractivity contribution in [1.82, 2.24) is 7.99 Å². The van der Waals surface area contributed by atoms with Crippen LogP contribution >= 0.6 is 22.9 Å². The molecule has 1 rings (SSSR count). The van der Waals surface area contributed by atoms with Crippen LogP contribution in [-0.2, 0) is 0 Å². The topological polar surface area (TPSA) is 56.3 Å². The van der Waals surface area contributed by atoms with Crippen molar-refractivity contribution in [2.45, 2.75) is 0 Å². The van der Waals surface area contributed by atoms with Crippen molar-refractivity contribution >= 4 is 22.9 Å². The fraction of sp³-hybridized carbons (Fsp3) is 0. The van der Waals surface area contributed by atoms with Crippen molar-refractivity contribution in [1.29, 1.82) is 0 Å². The number of nitrogens with zero attached hydrogens (tertiary/aromatic N) is 2. The Bertz CT molecular complexity index is 242. The molecule has 1 aromatic heterocycles. The second-order valence-corrected chi connectivity index (χ2v) is 2.11. The number of rotatable bonds is 0. The summed E-state index contributed by atoms with van der Waals surface area (Å²) in [4.78, 5) is 10.4. The van der Waals surface area contributed by atoms with Crippen molar-refractivity contribution in [3.8, 4) is 5.88 Å². The maximum absolute atomic E-state index is 10.4. The van der Waals surface area contributed by atoms with Crippen LogP contribution in [0.25, 0.3) is 0 Å². The molecule has 0 aliphatic heterocycles. The summed E-state index contributed by atoms with van der Waals surface area (Å²) in [5.41, 5.74) is -0.303. The van der Waals surface area contributed by atoms with E-state index in [1.165, 1.54) is 0 Å². The first-order valence-corrected chi connectivity index (χ1v) is 2.79. The summed E-state index contributed by atoms with van der Waals surface area (Å²) < 4.78 is 1.03. The summed E-state index contributed by atoms with van der Waals surface area (Å²) in [6.45, 7) is 0. The number of hydrogen-bond acceptors (Lipinski definition) is 2. The predicted molar refractivity (Wildman–Crippen MR) is 35.1 cm³/mol. The van der Waals surface area contributed by atoms with Crippen LogP contribution in [0.2, 0.25) is 0 Å². The van der Waals surface area contributed by atoms with E-state index in [0.29, 0.717) is 0 Å². The van der Waals surface area contributed by atoms with Crippen LogP contribution in [0, 0.1) is 0 Å². The van der Waals surface area contributed by atoms with Crippen molar-refractivity contribution < 1.29 is 56.5 Å². The second-order valence-electron chi connectivity index (χ2n) is 1.20. The monoisotopic (exact) mass is 264 g/mol. The minimum atomic E-state index is -0.303. The molecule has 0 unspecified atom stereocenters. The molecule has 0 saturated carbocycles. The molecule has 4 nitrogen and oxygen atoms in total. The van der Waals surface area contributed by atoms with Gasteiger partial charge in [0.05, 0.1) is 0 Å². The zero-order chi connectivity index (χ0) is 6.15. The van der Waals surface area contributed by atoms with Crippen molar-refractivity contribution in [2.24, 2.45) is 0 Å². The summed E-state index contributed by atoms with van der Waals surface area (Å²) in [6, 6.07) is 1.05. The summed E-state index contributed by atoms with van der Waals surface area (Å²) >= 11 is 1.68.